The maximum atomic E-state index is 8.19. The van der Waals surface area contributed by atoms with Crippen LogP contribution in [0, 0.1) is 11.3 Å². The minimum Gasteiger partial charge on any atom is -0.195 e. The molecule has 0 aliphatic carbocycles. The Balaban J connectivity index is 3.66. The summed E-state index contributed by atoms with van der Waals surface area (Å²) in [6, 6.07) is 1.92. The average molecular weight is 136 g/mol. The van der Waals surface area contributed by atoms with Gasteiger partial charge in [-0.3, -0.25) is 0 Å². The lowest BCUT2D eigenvalue weighted by molar-refractivity contribution is 1.15. The quantitative estimate of drug-likeness (QED) is 0.513. The highest BCUT2D eigenvalue weighted by atomic mass is 35.5. The van der Waals surface area contributed by atoms with Gasteiger partial charge in [-0.25, -0.2) is 0 Å². The van der Waals surface area contributed by atoms with Crippen molar-refractivity contribution in [2.45, 2.75) is 11.1 Å². The molecule has 0 aromatic heterocycles. The van der Waals surface area contributed by atoms with Gasteiger partial charge in [0, 0.05) is 0 Å². The molecule has 0 fully saturated rings. The largest absolute Gasteiger partial charge is 0.195 e. The lowest BCUT2D eigenvalue weighted by Crippen LogP contribution is -2.03. The van der Waals surface area contributed by atoms with E-state index in [4.69, 9.17) is 16.9 Å². The topological polar surface area (TPSA) is 23.8 Å². The number of alkyl halides is 1. The number of hydrogen-bond donors (Lipinski definition) is 0. The maximum absolute atomic E-state index is 8.19. The van der Waals surface area contributed by atoms with E-state index in [2.05, 4.69) is 0 Å². The van der Waals surface area contributed by atoms with Crippen LogP contribution in [0.5, 0.6) is 0 Å². The third-order valence-corrected chi connectivity index (χ3v) is 1.99. The van der Waals surface area contributed by atoms with Crippen LogP contribution in [0.25, 0.3) is 0 Å². The molecule has 1 nitrogen and oxygen atoms in total. The van der Waals surface area contributed by atoms with Crippen LogP contribution in [0.1, 0.15) is 6.92 Å². The van der Waals surface area contributed by atoms with Gasteiger partial charge in [0.25, 0.3) is 0 Å². The van der Waals surface area contributed by atoms with E-state index in [1.54, 1.807) is 13.2 Å². The van der Waals surface area contributed by atoms with Gasteiger partial charge in [-0.15, -0.1) is 11.8 Å². The summed E-state index contributed by atoms with van der Waals surface area (Å²) in [6.07, 6.45) is 1.80. The number of thioether (sulfide) groups is 1. The zero-order valence-electron chi connectivity index (χ0n) is 4.23. The summed E-state index contributed by atoms with van der Waals surface area (Å²) >= 11 is 6.84. The second-order valence-corrected chi connectivity index (χ2v) is 3.44. The van der Waals surface area contributed by atoms with Crippen LogP contribution in [0.3, 0.4) is 0 Å². The molecule has 0 aromatic rings. The molecule has 1 atom stereocenters. The van der Waals surface area contributed by atoms with Crippen molar-refractivity contribution in [3.8, 4) is 6.07 Å². The summed E-state index contributed by atoms with van der Waals surface area (Å²) in [5, 5.41) is 8.19. The van der Waals surface area contributed by atoms with Crippen molar-refractivity contribution < 1.29 is 0 Å². The molecule has 0 radical (unpaired) electrons. The second kappa shape index (κ2) is 2.44. The van der Waals surface area contributed by atoms with Gasteiger partial charge in [0.15, 0.2) is 4.21 Å². The summed E-state index contributed by atoms with van der Waals surface area (Å²) in [6.45, 7) is 1.67. The Morgan fingerprint density at radius 1 is 1.86 bits per heavy atom. The van der Waals surface area contributed by atoms with Crippen molar-refractivity contribution in [3.63, 3.8) is 0 Å². The molecule has 0 aliphatic heterocycles. The monoisotopic (exact) mass is 135 g/mol. The Bertz CT molecular complexity index is 94.4. The standard InChI is InChI=1S/C4H6ClNS/c1-4(5,3-6)7-2/h1-2H3. The first-order chi connectivity index (χ1) is 3.12. The Kier molecular flexibility index (Phi) is 2.49. The van der Waals surface area contributed by atoms with Crippen LogP contribution < -0.4 is 0 Å². The number of halogens is 1. The molecule has 3 heteroatoms. The molecule has 0 N–H and O–H groups in total. The molecular weight excluding hydrogens is 130 g/mol. The minimum absolute atomic E-state index is 0.722. The molecule has 0 rings (SSSR count). The molecule has 7 heavy (non-hydrogen) atoms. The van der Waals surface area contributed by atoms with Gasteiger partial charge in [-0.05, 0) is 13.2 Å². The summed E-state index contributed by atoms with van der Waals surface area (Å²) in [5.74, 6) is 0. The van der Waals surface area contributed by atoms with Gasteiger partial charge in [0.05, 0.1) is 6.07 Å². The Morgan fingerprint density at radius 2 is 2.29 bits per heavy atom. The number of nitrogens with zero attached hydrogens (tertiary/aromatic N) is 1. The lowest BCUT2D eigenvalue weighted by atomic mass is 10.5. The summed E-state index contributed by atoms with van der Waals surface area (Å²) < 4.78 is -0.722. The molecule has 0 saturated heterocycles. The van der Waals surface area contributed by atoms with Crippen LogP contribution in [-0.4, -0.2) is 10.5 Å². The highest BCUT2D eigenvalue weighted by Crippen LogP contribution is 2.24. The van der Waals surface area contributed by atoms with Gasteiger partial charge in [-0.2, -0.15) is 5.26 Å². The average Bonchev–Trinajstić information content (AvgIpc) is 1.68. The molecule has 0 spiro atoms. The van der Waals surface area contributed by atoms with E-state index in [0.717, 1.165) is 0 Å². The van der Waals surface area contributed by atoms with Crippen molar-refractivity contribution in [2.75, 3.05) is 6.26 Å². The van der Waals surface area contributed by atoms with E-state index in [1.165, 1.54) is 11.8 Å². The minimum atomic E-state index is -0.722. The highest BCUT2D eigenvalue weighted by Gasteiger charge is 2.15. The fourth-order valence-electron chi connectivity index (χ4n) is 0.0456. The van der Waals surface area contributed by atoms with E-state index >= 15 is 0 Å². The molecule has 0 aromatic carbocycles. The molecule has 0 heterocycles. The Hall–Kier alpha value is 0.130. The van der Waals surface area contributed by atoms with Gasteiger partial charge in [-0.1, -0.05) is 11.6 Å². The second-order valence-electron chi connectivity index (χ2n) is 1.23. The summed E-state index contributed by atoms with van der Waals surface area (Å²) in [5.41, 5.74) is 0. The molecule has 0 saturated carbocycles. The van der Waals surface area contributed by atoms with Crippen LogP contribution in [0.2, 0.25) is 0 Å². The SMILES string of the molecule is CSC(C)(Cl)C#N. The first-order valence-electron chi connectivity index (χ1n) is 1.77. The van der Waals surface area contributed by atoms with Crippen molar-refractivity contribution in [2.24, 2.45) is 0 Å². The third kappa shape index (κ3) is 2.78. The number of rotatable bonds is 1. The zero-order chi connectivity index (χ0) is 5.91. The van der Waals surface area contributed by atoms with Crippen LogP contribution in [0.4, 0.5) is 0 Å². The smallest absolute Gasteiger partial charge is 0.173 e. The first-order valence-corrected chi connectivity index (χ1v) is 3.38. The van der Waals surface area contributed by atoms with Gasteiger partial charge in [0.2, 0.25) is 0 Å². The van der Waals surface area contributed by atoms with Crippen molar-refractivity contribution in [1.29, 1.82) is 5.26 Å². The third-order valence-electron chi connectivity index (χ3n) is 0.583. The predicted molar refractivity (Wildman–Crippen MR) is 33.4 cm³/mol. The van der Waals surface area contributed by atoms with Crippen molar-refractivity contribution >= 4 is 23.4 Å². The predicted octanol–water partition coefficient (Wildman–Crippen LogP) is 1.83. The maximum Gasteiger partial charge on any atom is 0.173 e. The van der Waals surface area contributed by atoms with Crippen LogP contribution in [0.15, 0.2) is 0 Å². The molecule has 0 amide bonds. The van der Waals surface area contributed by atoms with Crippen LogP contribution >= 0.6 is 23.4 Å². The number of nitriles is 1. The van der Waals surface area contributed by atoms with E-state index in [1.807, 2.05) is 6.07 Å². The molecule has 1 unspecified atom stereocenters. The molecular formula is C4H6ClNS. The summed E-state index contributed by atoms with van der Waals surface area (Å²) in [7, 11) is 0. The molecule has 0 aliphatic rings. The fourth-order valence-corrected chi connectivity index (χ4v) is 0.137. The first kappa shape index (κ1) is 7.13. The van der Waals surface area contributed by atoms with Gasteiger partial charge >= 0.3 is 0 Å². The van der Waals surface area contributed by atoms with Gasteiger partial charge in [0.1, 0.15) is 0 Å². The Morgan fingerprint density at radius 3 is 2.29 bits per heavy atom. The van der Waals surface area contributed by atoms with Crippen LogP contribution in [-0.2, 0) is 0 Å². The van der Waals surface area contributed by atoms with Gasteiger partial charge < -0.3 is 0 Å². The summed E-state index contributed by atoms with van der Waals surface area (Å²) in [4.78, 5) is 0. The Labute approximate surface area is 52.7 Å². The molecule has 40 valence electrons. The van der Waals surface area contributed by atoms with E-state index in [-0.39, 0.29) is 0 Å². The lowest BCUT2D eigenvalue weighted by Gasteiger charge is -2.04. The van der Waals surface area contributed by atoms with E-state index < -0.39 is 4.21 Å². The highest BCUT2D eigenvalue weighted by molar-refractivity contribution is 8.01. The normalized spacial score (nSPS) is 17.4. The fraction of sp³-hybridized carbons (Fsp3) is 0.750. The van der Waals surface area contributed by atoms with Crippen molar-refractivity contribution in [3.05, 3.63) is 0 Å². The molecule has 0 bridgehead atoms. The number of hydrogen-bond acceptors (Lipinski definition) is 2. The zero-order valence-corrected chi connectivity index (χ0v) is 5.81. The van der Waals surface area contributed by atoms with E-state index in [0.29, 0.717) is 0 Å². The van der Waals surface area contributed by atoms with E-state index in [9.17, 15) is 0 Å². The van der Waals surface area contributed by atoms with Crippen molar-refractivity contribution in [1.82, 2.24) is 0 Å².